The van der Waals surface area contributed by atoms with E-state index in [2.05, 4.69) is 34.5 Å². The number of nitrogens with one attached hydrogen (secondary N) is 1. The highest BCUT2D eigenvalue weighted by molar-refractivity contribution is 7.99. The predicted molar refractivity (Wildman–Crippen MR) is 60.4 cm³/mol. The molecule has 1 unspecified atom stereocenters. The molecule has 1 aromatic carbocycles. The van der Waals surface area contributed by atoms with E-state index >= 15 is 0 Å². The van der Waals surface area contributed by atoms with Gasteiger partial charge in [0.15, 0.2) is 0 Å². The van der Waals surface area contributed by atoms with Crippen LogP contribution in [0.5, 0.6) is 0 Å². The fourth-order valence-corrected chi connectivity index (χ4v) is 3.06. The molecule has 76 valence electrons. The first-order valence-corrected chi connectivity index (χ1v) is 5.92. The molecule has 0 saturated heterocycles. The van der Waals surface area contributed by atoms with Crippen LogP contribution in [-0.4, -0.2) is 10.2 Å². The first-order valence-electron chi connectivity index (χ1n) is 4.63. The molecular weight excluding hydrogens is 228 g/mol. The van der Waals surface area contributed by atoms with Crippen LogP contribution in [0.2, 0.25) is 0 Å². The second-order valence-corrected chi connectivity index (χ2v) is 4.99. The summed E-state index contributed by atoms with van der Waals surface area (Å²) in [5.74, 6) is 0.696. The molecule has 1 aliphatic rings. The van der Waals surface area contributed by atoms with Crippen LogP contribution in [0.25, 0.3) is 0 Å². The molecule has 5 heteroatoms. The van der Waals surface area contributed by atoms with Gasteiger partial charge >= 0.3 is 0 Å². The summed E-state index contributed by atoms with van der Waals surface area (Å²) in [6.45, 7) is 0. The van der Waals surface area contributed by atoms with Gasteiger partial charge in [0.1, 0.15) is 0 Å². The topological polar surface area (TPSA) is 41.8 Å². The van der Waals surface area contributed by atoms with Gasteiger partial charge in [0.05, 0.1) is 5.25 Å². The van der Waals surface area contributed by atoms with Crippen molar-refractivity contribution < 1.29 is 4.42 Å². The smallest absolute Gasteiger partial charge is 0.284 e. The number of thioether (sulfide) groups is 1. The molecule has 1 atom stereocenters. The molecule has 1 aliphatic heterocycles. The van der Waals surface area contributed by atoms with Gasteiger partial charge in [-0.2, -0.15) is 0 Å². The number of aromatic amines is 1. The van der Waals surface area contributed by atoms with E-state index in [4.69, 9.17) is 16.6 Å². The second kappa shape index (κ2) is 3.50. The molecule has 1 aromatic heterocycles. The summed E-state index contributed by atoms with van der Waals surface area (Å²) in [5, 5.41) is 6.98. The molecule has 1 N–H and O–H groups in total. The van der Waals surface area contributed by atoms with Crippen molar-refractivity contribution in [2.45, 2.75) is 16.6 Å². The lowest BCUT2D eigenvalue weighted by Gasteiger charge is -1.99. The van der Waals surface area contributed by atoms with Gasteiger partial charge in [-0.25, -0.2) is 5.10 Å². The van der Waals surface area contributed by atoms with Crippen molar-refractivity contribution in [1.29, 1.82) is 0 Å². The molecular formula is C10H8N2OS2. The molecule has 0 radical (unpaired) electrons. The van der Waals surface area contributed by atoms with E-state index in [0.717, 1.165) is 6.42 Å². The molecule has 3 nitrogen and oxygen atoms in total. The van der Waals surface area contributed by atoms with Crippen molar-refractivity contribution in [3.05, 3.63) is 40.6 Å². The van der Waals surface area contributed by atoms with Crippen molar-refractivity contribution in [2.24, 2.45) is 0 Å². The number of rotatable bonds is 1. The third kappa shape index (κ3) is 1.61. The minimum absolute atomic E-state index is 0.260. The van der Waals surface area contributed by atoms with Gasteiger partial charge in [0.25, 0.3) is 4.84 Å². The average molecular weight is 236 g/mol. The monoisotopic (exact) mass is 236 g/mol. The number of nitrogens with zero attached hydrogens (tertiary/aromatic N) is 1. The molecule has 0 amide bonds. The summed E-state index contributed by atoms with van der Waals surface area (Å²) in [6.07, 6.45) is 0.962. The lowest BCUT2D eigenvalue weighted by atomic mass is 10.1. The maximum atomic E-state index is 5.33. The highest BCUT2D eigenvalue weighted by atomic mass is 32.2. The van der Waals surface area contributed by atoms with Crippen LogP contribution in [0.1, 0.15) is 16.7 Å². The van der Waals surface area contributed by atoms with Gasteiger partial charge in [0.2, 0.25) is 5.89 Å². The summed E-state index contributed by atoms with van der Waals surface area (Å²) in [7, 11) is 0. The molecule has 0 fully saturated rings. The van der Waals surface area contributed by atoms with Crippen molar-refractivity contribution in [2.75, 3.05) is 0 Å². The zero-order valence-corrected chi connectivity index (χ0v) is 9.40. The number of aromatic nitrogens is 2. The van der Waals surface area contributed by atoms with Gasteiger partial charge in [-0.3, -0.25) is 0 Å². The van der Waals surface area contributed by atoms with Gasteiger partial charge in [-0.15, -0.1) is 16.9 Å². The third-order valence-corrected chi connectivity index (χ3v) is 3.86. The summed E-state index contributed by atoms with van der Waals surface area (Å²) >= 11 is 6.64. The third-order valence-electron chi connectivity index (χ3n) is 2.38. The van der Waals surface area contributed by atoms with Crippen LogP contribution >= 0.6 is 24.0 Å². The number of hydrogen-bond acceptors (Lipinski definition) is 4. The number of H-pyrrole nitrogens is 1. The molecule has 2 heterocycles. The van der Waals surface area contributed by atoms with Crippen molar-refractivity contribution in [3.8, 4) is 0 Å². The Morgan fingerprint density at radius 3 is 3.07 bits per heavy atom. The fraction of sp³-hybridized carbons (Fsp3) is 0.200. The van der Waals surface area contributed by atoms with Crippen molar-refractivity contribution >= 4 is 24.0 Å². The van der Waals surface area contributed by atoms with Gasteiger partial charge < -0.3 is 4.42 Å². The Hall–Kier alpha value is -1.07. The van der Waals surface area contributed by atoms with E-state index in [1.165, 1.54) is 10.5 Å². The molecule has 0 bridgehead atoms. The van der Waals surface area contributed by atoms with Crippen molar-refractivity contribution in [1.82, 2.24) is 10.2 Å². The molecule has 0 aliphatic carbocycles. The minimum atomic E-state index is 0.260. The zero-order chi connectivity index (χ0) is 10.3. The fourth-order valence-electron chi connectivity index (χ4n) is 1.70. The lowest BCUT2D eigenvalue weighted by Crippen LogP contribution is -1.92. The highest BCUT2D eigenvalue weighted by Gasteiger charge is 2.26. The zero-order valence-electron chi connectivity index (χ0n) is 7.77. The summed E-state index contributed by atoms with van der Waals surface area (Å²) < 4.78 is 5.33. The normalized spacial score (nSPS) is 19.1. The Morgan fingerprint density at radius 1 is 1.47 bits per heavy atom. The summed E-state index contributed by atoms with van der Waals surface area (Å²) in [4.78, 5) is 1.66. The van der Waals surface area contributed by atoms with E-state index in [1.807, 2.05) is 0 Å². The summed E-state index contributed by atoms with van der Waals surface area (Å²) in [5.41, 5.74) is 1.36. The average Bonchev–Trinajstić information content (AvgIpc) is 2.82. The SMILES string of the molecule is S=c1[nH]nc(C2Cc3ccccc3S2)o1. The summed E-state index contributed by atoms with van der Waals surface area (Å²) in [6, 6.07) is 8.38. The predicted octanol–water partition coefficient (Wildman–Crippen LogP) is 3.12. The highest BCUT2D eigenvalue weighted by Crippen LogP contribution is 2.45. The number of hydrogen-bond donors (Lipinski definition) is 1. The van der Waals surface area contributed by atoms with Crippen LogP contribution in [0, 0.1) is 4.84 Å². The van der Waals surface area contributed by atoms with Crippen LogP contribution in [-0.2, 0) is 6.42 Å². The molecule has 3 rings (SSSR count). The lowest BCUT2D eigenvalue weighted by molar-refractivity contribution is 0.478. The first kappa shape index (κ1) is 9.18. The largest absolute Gasteiger partial charge is 0.413 e. The second-order valence-electron chi connectivity index (χ2n) is 3.37. The van der Waals surface area contributed by atoms with Gasteiger partial charge in [-0.05, 0) is 30.3 Å². The molecule has 15 heavy (non-hydrogen) atoms. The Bertz CT molecular complexity index is 521. The van der Waals surface area contributed by atoms with E-state index < -0.39 is 0 Å². The van der Waals surface area contributed by atoms with Crippen LogP contribution in [0.4, 0.5) is 0 Å². The van der Waals surface area contributed by atoms with E-state index in [9.17, 15) is 0 Å². The number of benzene rings is 1. The van der Waals surface area contributed by atoms with E-state index in [0.29, 0.717) is 10.7 Å². The van der Waals surface area contributed by atoms with Crippen LogP contribution in [0.3, 0.4) is 0 Å². The first-order chi connectivity index (χ1) is 7.33. The molecule has 2 aromatic rings. The Kier molecular flexibility index (Phi) is 2.14. The standard InChI is InChI=1S/C10H8N2OS2/c14-10-12-11-9(13-10)8-5-6-3-1-2-4-7(6)15-8/h1-4,8H,5H2,(H,12,14). The Labute approximate surface area is 95.9 Å². The quantitative estimate of drug-likeness (QED) is 0.772. The van der Waals surface area contributed by atoms with Gasteiger partial charge in [0, 0.05) is 4.90 Å². The van der Waals surface area contributed by atoms with Crippen LogP contribution in [0.15, 0.2) is 33.6 Å². The Balaban J connectivity index is 1.93. The van der Waals surface area contributed by atoms with Crippen LogP contribution < -0.4 is 0 Å². The van der Waals surface area contributed by atoms with E-state index in [-0.39, 0.29) is 5.25 Å². The molecule has 0 spiro atoms. The molecule has 0 saturated carbocycles. The van der Waals surface area contributed by atoms with Gasteiger partial charge in [-0.1, -0.05) is 18.2 Å². The van der Waals surface area contributed by atoms with Crippen molar-refractivity contribution in [3.63, 3.8) is 0 Å². The maximum Gasteiger partial charge on any atom is 0.284 e. The number of fused-ring (bicyclic) bond motifs is 1. The maximum absolute atomic E-state index is 5.33. The minimum Gasteiger partial charge on any atom is -0.413 e. The van der Waals surface area contributed by atoms with E-state index in [1.54, 1.807) is 11.8 Å². The Morgan fingerprint density at radius 2 is 2.33 bits per heavy atom.